The van der Waals surface area contributed by atoms with E-state index in [2.05, 4.69) is 12.2 Å². The van der Waals surface area contributed by atoms with E-state index in [9.17, 15) is 0 Å². The van der Waals surface area contributed by atoms with Crippen LogP contribution >= 0.6 is 0 Å². The molecule has 0 aromatic rings. The molecular weight excluding hydrogens is 142 g/mol. The van der Waals surface area contributed by atoms with Crippen molar-refractivity contribution in [1.29, 1.82) is 0 Å². The van der Waals surface area contributed by atoms with Gasteiger partial charge in [0.15, 0.2) is 0 Å². The predicted molar refractivity (Wildman–Crippen MR) is 43.5 cm³/mol. The highest BCUT2D eigenvalue weighted by Crippen LogP contribution is 2.33. The van der Waals surface area contributed by atoms with Gasteiger partial charge in [0.2, 0.25) is 0 Å². The molecule has 1 rings (SSSR count). The van der Waals surface area contributed by atoms with Gasteiger partial charge in [-0.25, -0.2) is 0 Å². The molecule has 3 heteroatoms. The van der Waals surface area contributed by atoms with Crippen molar-refractivity contribution in [2.75, 3.05) is 26.4 Å². The first-order chi connectivity index (χ1) is 5.27. The highest BCUT2D eigenvalue weighted by atomic mass is 16.5. The quantitative estimate of drug-likeness (QED) is 0.542. The first-order valence-corrected chi connectivity index (χ1v) is 4.20. The highest BCUT2D eigenvalue weighted by Gasteiger charge is 2.35. The number of hydrogen-bond donors (Lipinski definition) is 2. The van der Waals surface area contributed by atoms with E-state index < -0.39 is 0 Å². The Labute approximate surface area is 67.7 Å². The second kappa shape index (κ2) is 4.04. The van der Waals surface area contributed by atoms with Crippen LogP contribution in [0.2, 0.25) is 0 Å². The van der Waals surface area contributed by atoms with Crippen LogP contribution in [0, 0.1) is 0 Å². The summed E-state index contributed by atoms with van der Waals surface area (Å²) in [5, 5.41) is 11.8. The summed E-state index contributed by atoms with van der Waals surface area (Å²) in [5.41, 5.74) is 0.405. The molecule has 1 aliphatic carbocycles. The summed E-state index contributed by atoms with van der Waals surface area (Å²) in [5.74, 6) is 0. The van der Waals surface area contributed by atoms with Crippen LogP contribution in [0.15, 0.2) is 0 Å². The second-order valence-electron chi connectivity index (χ2n) is 3.32. The Morgan fingerprint density at radius 3 is 2.73 bits per heavy atom. The topological polar surface area (TPSA) is 41.5 Å². The van der Waals surface area contributed by atoms with Crippen LogP contribution in [0.4, 0.5) is 0 Å². The summed E-state index contributed by atoms with van der Waals surface area (Å²) in [7, 11) is 0. The van der Waals surface area contributed by atoms with Crippen LogP contribution in [-0.2, 0) is 4.74 Å². The lowest BCUT2D eigenvalue weighted by atomic mass is 10.3. The van der Waals surface area contributed by atoms with E-state index in [1.807, 2.05) is 0 Å². The predicted octanol–water partition coefficient (Wildman–Crippen LogP) is 0.137. The zero-order chi connectivity index (χ0) is 8.16. The van der Waals surface area contributed by atoms with Crippen molar-refractivity contribution >= 4 is 0 Å². The third-order valence-corrected chi connectivity index (χ3v) is 2.03. The molecule has 1 saturated carbocycles. The molecule has 0 amide bonds. The van der Waals surface area contributed by atoms with Crippen molar-refractivity contribution in [3.63, 3.8) is 0 Å². The van der Waals surface area contributed by atoms with Gasteiger partial charge in [-0.15, -0.1) is 0 Å². The van der Waals surface area contributed by atoms with E-state index in [4.69, 9.17) is 9.84 Å². The SMILES string of the molecule is CC1(NCCOCCO)CC1. The van der Waals surface area contributed by atoms with Gasteiger partial charge in [-0.3, -0.25) is 0 Å². The van der Waals surface area contributed by atoms with E-state index in [0.717, 1.165) is 6.54 Å². The summed E-state index contributed by atoms with van der Waals surface area (Å²) < 4.78 is 5.09. The molecule has 3 nitrogen and oxygen atoms in total. The maximum Gasteiger partial charge on any atom is 0.0698 e. The molecule has 0 atom stereocenters. The van der Waals surface area contributed by atoms with Crippen LogP contribution in [0.5, 0.6) is 0 Å². The van der Waals surface area contributed by atoms with E-state index >= 15 is 0 Å². The largest absolute Gasteiger partial charge is 0.394 e. The van der Waals surface area contributed by atoms with Crippen molar-refractivity contribution < 1.29 is 9.84 Å². The Bertz CT molecular complexity index is 113. The van der Waals surface area contributed by atoms with E-state index in [-0.39, 0.29) is 6.61 Å². The molecule has 11 heavy (non-hydrogen) atoms. The number of aliphatic hydroxyl groups excluding tert-OH is 1. The molecule has 0 heterocycles. The highest BCUT2D eigenvalue weighted by molar-refractivity contribution is 4.97. The first-order valence-electron chi connectivity index (χ1n) is 4.20. The molecule has 1 fully saturated rings. The molecule has 0 aromatic carbocycles. The van der Waals surface area contributed by atoms with Crippen LogP contribution in [0.1, 0.15) is 19.8 Å². The maximum absolute atomic E-state index is 8.39. The number of ether oxygens (including phenoxy) is 1. The smallest absolute Gasteiger partial charge is 0.0698 e. The van der Waals surface area contributed by atoms with Crippen molar-refractivity contribution in [2.45, 2.75) is 25.3 Å². The molecule has 0 aromatic heterocycles. The van der Waals surface area contributed by atoms with E-state index in [1.54, 1.807) is 0 Å². The van der Waals surface area contributed by atoms with E-state index in [0.29, 0.717) is 18.8 Å². The zero-order valence-electron chi connectivity index (χ0n) is 7.10. The molecule has 2 N–H and O–H groups in total. The van der Waals surface area contributed by atoms with Crippen molar-refractivity contribution in [2.24, 2.45) is 0 Å². The Kier molecular flexibility index (Phi) is 3.30. The summed E-state index contributed by atoms with van der Waals surface area (Å²) in [6, 6.07) is 0. The van der Waals surface area contributed by atoms with Crippen LogP contribution in [-0.4, -0.2) is 37.0 Å². The molecule has 0 unspecified atom stereocenters. The molecule has 0 saturated heterocycles. The van der Waals surface area contributed by atoms with E-state index in [1.165, 1.54) is 12.8 Å². The summed E-state index contributed by atoms with van der Waals surface area (Å²) in [6.45, 7) is 4.40. The van der Waals surface area contributed by atoms with Crippen molar-refractivity contribution in [3.8, 4) is 0 Å². The van der Waals surface area contributed by atoms with Crippen LogP contribution in [0.25, 0.3) is 0 Å². The maximum atomic E-state index is 8.39. The van der Waals surface area contributed by atoms with Gasteiger partial charge in [0.25, 0.3) is 0 Å². The number of nitrogens with one attached hydrogen (secondary N) is 1. The lowest BCUT2D eigenvalue weighted by Crippen LogP contribution is -2.31. The third kappa shape index (κ3) is 3.70. The molecule has 0 bridgehead atoms. The fourth-order valence-electron chi connectivity index (χ4n) is 0.956. The number of rotatable bonds is 6. The lowest BCUT2D eigenvalue weighted by molar-refractivity contribution is 0.0924. The standard InChI is InChI=1S/C8H17NO2/c1-8(2-3-8)9-4-6-11-7-5-10/h9-10H,2-7H2,1H3. The van der Waals surface area contributed by atoms with Crippen molar-refractivity contribution in [1.82, 2.24) is 5.32 Å². The normalized spacial score (nSPS) is 20.2. The average Bonchev–Trinajstić information content (AvgIpc) is 2.69. The summed E-state index contributed by atoms with van der Waals surface area (Å²) in [6.07, 6.45) is 2.57. The number of hydrogen-bond acceptors (Lipinski definition) is 3. The first kappa shape index (κ1) is 8.97. The fraction of sp³-hybridized carbons (Fsp3) is 1.00. The molecule has 66 valence electrons. The summed E-state index contributed by atoms with van der Waals surface area (Å²) >= 11 is 0. The molecule has 0 spiro atoms. The van der Waals surface area contributed by atoms with Crippen LogP contribution in [0.3, 0.4) is 0 Å². The molecule has 0 aliphatic heterocycles. The Balaban J connectivity index is 1.81. The van der Waals surface area contributed by atoms with Gasteiger partial charge in [-0.2, -0.15) is 0 Å². The van der Waals surface area contributed by atoms with Gasteiger partial charge in [0.1, 0.15) is 0 Å². The minimum Gasteiger partial charge on any atom is -0.394 e. The molecule has 1 aliphatic rings. The molecule has 0 radical (unpaired) electrons. The third-order valence-electron chi connectivity index (χ3n) is 2.03. The summed E-state index contributed by atoms with van der Waals surface area (Å²) in [4.78, 5) is 0. The monoisotopic (exact) mass is 159 g/mol. The van der Waals surface area contributed by atoms with Gasteiger partial charge in [-0.1, -0.05) is 0 Å². The Hall–Kier alpha value is -0.120. The number of aliphatic hydroxyl groups is 1. The lowest BCUT2D eigenvalue weighted by Gasteiger charge is -2.10. The van der Waals surface area contributed by atoms with Crippen molar-refractivity contribution in [3.05, 3.63) is 0 Å². The fourth-order valence-corrected chi connectivity index (χ4v) is 0.956. The van der Waals surface area contributed by atoms with Gasteiger partial charge in [-0.05, 0) is 19.8 Å². The van der Waals surface area contributed by atoms with Gasteiger partial charge < -0.3 is 15.2 Å². The second-order valence-corrected chi connectivity index (χ2v) is 3.32. The Morgan fingerprint density at radius 2 is 2.18 bits per heavy atom. The minimum atomic E-state index is 0.122. The minimum absolute atomic E-state index is 0.122. The zero-order valence-corrected chi connectivity index (χ0v) is 7.10. The van der Waals surface area contributed by atoms with Gasteiger partial charge >= 0.3 is 0 Å². The van der Waals surface area contributed by atoms with Crippen LogP contribution < -0.4 is 5.32 Å². The van der Waals surface area contributed by atoms with Gasteiger partial charge in [0.05, 0.1) is 19.8 Å². The molecular formula is C8H17NO2. The van der Waals surface area contributed by atoms with Gasteiger partial charge in [0, 0.05) is 12.1 Å². The average molecular weight is 159 g/mol. The Morgan fingerprint density at radius 1 is 1.45 bits per heavy atom.